The second kappa shape index (κ2) is 10.7. The van der Waals surface area contributed by atoms with Crippen LogP contribution in [0, 0.1) is 0 Å². The van der Waals surface area contributed by atoms with Crippen LogP contribution < -0.4 is 0 Å². The Labute approximate surface area is 250 Å². The van der Waals surface area contributed by atoms with Gasteiger partial charge in [0.1, 0.15) is 17.2 Å². The summed E-state index contributed by atoms with van der Waals surface area (Å²) in [5.74, 6) is 1.01. The van der Waals surface area contributed by atoms with E-state index in [0.717, 1.165) is 49.0 Å². The molecule has 0 saturated carbocycles. The van der Waals surface area contributed by atoms with Crippen molar-refractivity contribution in [3.63, 3.8) is 0 Å². The van der Waals surface area contributed by atoms with Crippen LogP contribution >= 0.6 is 15.9 Å². The van der Waals surface area contributed by atoms with Crippen molar-refractivity contribution in [2.45, 2.75) is 118 Å². The Morgan fingerprint density at radius 1 is 0.450 bits per heavy atom. The topological polar surface area (TPSA) is 60.7 Å². The average molecular weight is 610 g/mol. The fourth-order valence-corrected chi connectivity index (χ4v) is 5.86. The molecule has 3 aromatic rings. The van der Waals surface area contributed by atoms with Crippen LogP contribution in [0.3, 0.4) is 0 Å². The molecule has 0 saturated heterocycles. The minimum atomic E-state index is -0.223. The smallest absolute Gasteiger partial charge is 0.123 e. The van der Waals surface area contributed by atoms with Gasteiger partial charge in [-0.15, -0.1) is 0 Å². The molecule has 0 amide bonds. The molecule has 0 heterocycles. The third-order valence-electron chi connectivity index (χ3n) is 7.59. The van der Waals surface area contributed by atoms with Gasteiger partial charge in [0, 0.05) is 17.3 Å². The summed E-state index contributed by atoms with van der Waals surface area (Å²) in [7, 11) is 0. The third kappa shape index (κ3) is 7.05. The van der Waals surface area contributed by atoms with Crippen molar-refractivity contribution in [1.29, 1.82) is 0 Å². The molecule has 0 unspecified atom stereocenters. The van der Waals surface area contributed by atoms with Gasteiger partial charge in [-0.2, -0.15) is 0 Å². The number of hydrogen-bond donors (Lipinski definition) is 3. The number of phenols is 3. The maximum atomic E-state index is 11.5. The zero-order valence-electron chi connectivity index (χ0n) is 26.6. The Morgan fingerprint density at radius 3 is 0.925 bits per heavy atom. The normalized spacial score (nSPS) is 13.1. The predicted octanol–water partition coefficient (Wildman–Crippen LogP) is 9.94. The van der Waals surface area contributed by atoms with Crippen LogP contribution in [-0.4, -0.2) is 15.3 Å². The van der Waals surface area contributed by atoms with Crippen molar-refractivity contribution in [1.82, 2.24) is 0 Å². The minimum absolute atomic E-state index is 0.223. The van der Waals surface area contributed by atoms with Crippen molar-refractivity contribution < 1.29 is 15.3 Å². The van der Waals surface area contributed by atoms with Crippen LogP contribution in [0.1, 0.15) is 128 Å². The van der Waals surface area contributed by atoms with E-state index in [1.54, 1.807) is 0 Å². The number of rotatable bonds is 4. The number of halogens is 1. The monoisotopic (exact) mass is 608 g/mol. The van der Waals surface area contributed by atoms with E-state index in [1.807, 2.05) is 12.1 Å². The first kappa shape index (κ1) is 32.1. The van der Waals surface area contributed by atoms with Crippen molar-refractivity contribution in [3.8, 4) is 17.2 Å². The van der Waals surface area contributed by atoms with Gasteiger partial charge in [0.15, 0.2) is 0 Å². The van der Waals surface area contributed by atoms with Crippen molar-refractivity contribution in [3.05, 3.63) is 85.4 Å². The fourth-order valence-electron chi connectivity index (χ4n) is 5.31. The highest BCUT2D eigenvalue weighted by atomic mass is 79.9. The SMILES string of the molecule is CC(C)(C)c1cc(Cc2cc(Br)cc(Cc3cc(C(C)(C)C)c(O)c(C(C)(C)C)c3)c2O)cc(C(C)(C)C)c1O. The van der Waals surface area contributed by atoms with E-state index in [-0.39, 0.29) is 27.4 Å². The van der Waals surface area contributed by atoms with E-state index in [4.69, 9.17) is 0 Å². The standard InChI is InChI=1S/C36H49BrO3/c1-33(2,3)26-15-21(16-27(31(26)39)34(4,5)6)13-23-19-25(37)20-24(30(23)38)14-22-17-28(35(7,8)9)32(40)29(18-22)36(10,11)12/h15-20,38-40H,13-14H2,1-12H3. The molecule has 0 aliphatic carbocycles. The zero-order chi connectivity index (χ0) is 30.6. The highest BCUT2D eigenvalue weighted by Crippen LogP contribution is 2.43. The summed E-state index contributed by atoms with van der Waals surface area (Å²) in [6, 6.07) is 12.3. The van der Waals surface area contributed by atoms with Gasteiger partial charge in [0.05, 0.1) is 0 Å². The molecule has 3 aromatic carbocycles. The highest BCUT2D eigenvalue weighted by Gasteiger charge is 2.28. The molecule has 0 aromatic heterocycles. The lowest BCUT2D eigenvalue weighted by atomic mass is 9.77. The first-order valence-corrected chi connectivity index (χ1v) is 15.0. The number of hydrogen-bond acceptors (Lipinski definition) is 3. The fraction of sp³-hybridized carbons (Fsp3) is 0.500. The molecule has 40 heavy (non-hydrogen) atoms. The van der Waals surface area contributed by atoms with Crippen LogP contribution in [0.4, 0.5) is 0 Å². The second-order valence-corrected chi connectivity index (χ2v) is 16.4. The van der Waals surface area contributed by atoms with Crippen molar-refractivity contribution >= 4 is 15.9 Å². The summed E-state index contributed by atoms with van der Waals surface area (Å²) in [5, 5.41) is 33.9. The van der Waals surface area contributed by atoms with Gasteiger partial charge >= 0.3 is 0 Å². The molecule has 0 aliphatic heterocycles. The number of phenolic OH excluding ortho intramolecular Hbond substituents is 3. The Morgan fingerprint density at radius 2 is 0.700 bits per heavy atom. The lowest BCUT2D eigenvalue weighted by Gasteiger charge is -2.28. The molecule has 0 aliphatic rings. The quantitative estimate of drug-likeness (QED) is 0.276. The van der Waals surface area contributed by atoms with Gasteiger partial charge in [-0.3, -0.25) is 0 Å². The lowest BCUT2D eigenvalue weighted by molar-refractivity contribution is 0.422. The molecule has 3 nitrogen and oxygen atoms in total. The number of aromatic hydroxyl groups is 3. The Hall–Kier alpha value is -2.46. The number of benzene rings is 3. The molecule has 4 heteroatoms. The molecule has 0 bridgehead atoms. The van der Waals surface area contributed by atoms with E-state index in [0.29, 0.717) is 24.3 Å². The van der Waals surface area contributed by atoms with Crippen molar-refractivity contribution in [2.75, 3.05) is 0 Å². The highest BCUT2D eigenvalue weighted by molar-refractivity contribution is 9.10. The van der Waals surface area contributed by atoms with E-state index in [1.165, 1.54) is 0 Å². The Bertz CT molecular complexity index is 1230. The summed E-state index contributed by atoms with van der Waals surface area (Å²) in [5.41, 5.74) is 6.55. The average Bonchev–Trinajstić information content (AvgIpc) is 2.75. The van der Waals surface area contributed by atoms with Crippen LogP contribution in [0.5, 0.6) is 17.2 Å². The van der Waals surface area contributed by atoms with Gasteiger partial charge < -0.3 is 15.3 Å². The molecule has 0 radical (unpaired) electrons. The molecular formula is C36H49BrO3. The molecule has 0 fully saturated rings. The van der Waals surface area contributed by atoms with Gasteiger partial charge in [-0.1, -0.05) is 123 Å². The van der Waals surface area contributed by atoms with Crippen LogP contribution in [0.25, 0.3) is 0 Å². The predicted molar refractivity (Wildman–Crippen MR) is 172 cm³/mol. The van der Waals surface area contributed by atoms with Crippen LogP contribution in [0.2, 0.25) is 0 Å². The molecule has 0 atom stereocenters. The summed E-state index contributed by atoms with van der Waals surface area (Å²) < 4.78 is 0.909. The van der Waals surface area contributed by atoms with E-state index >= 15 is 0 Å². The summed E-state index contributed by atoms with van der Waals surface area (Å²) in [6.07, 6.45) is 1.08. The largest absolute Gasteiger partial charge is 0.507 e. The van der Waals surface area contributed by atoms with Gasteiger partial charge in [-0.05, 0) is 78.3 Å². The molecule has 218 valence electrons. The summed E-state index contributed by atoms with van der Waals surface area (Å²) in [4.78, 5) is 0. The van der Waals surface area contributed by atoms with E-state index in [9.17, 15) is 15.3 Å². The molecular weight excluding hydrogens is 560 g/mol. The van der Waals surface area contributed by atoms with E-state index in [2.05, 4.69) is 123 Å². The zero-order valence-corrected chi connectivity index (χ0v) is 28.2. The Kier molecular flexibility index (Phi) is 8.61. The molecule has 0 spiro atoms. The second-order valence-electron chi connectivity index (χ2n) is 15.5. The summed E-state index contributed by atoms with van der Waals surface area (Å²) >= 11 is 3.69. The van der Waals surface area contributed by atoms with Crippen LogP contribution in [0.15, 0.2) is 40.9 Å². The first-order chi connectivity index (χ1) is 18.0. The van der Waals surface area contributed by atoms with Crippen molar-refractivity contribution in [2.24, 2.45) is 0 Å². The summed E-state index contributed by atoms with van der Waals surface area (Å²) in [6.45, 7) is 25.4. The molecule has 3 rings (SSSR count). The van der Waals surface area contributed by atoms with Crippen LogP contribution in [-0.2, 0) is 34.5 Å². The van der Waals surface area contributed by atoms with Gasteiger partial charge in [0.2, 0.25) is 0 Å². The van der Waals surface area contributed by atoms with E-state index < -0.39 is 0 Å². The third-order valence-corrected chi connectivity index (χ3v) is 8.05. The lowest BCUT2D eigenvalue weighted by Crippen LogP contribution is -2.18. The molecule has 3 N–H and O–H groups in total. The maximum Gasteiger partial charge on any atom is 0.123 e. The first-order valence-electron chi connectivity index (χ1n) is 14.2. The van der Waals surface area contributed by atoms with Gasteiger partial charge in [-0.25, -0.2) is 0 Å². The Balaban J connectivity index is 2.13. The van der Waals surface area contributed by atoms with Gasteiger partial charge in [0.25, 0.3) is 0 Å². The maximum absolute atomic E-state index is 11.5. The minimum Gasteiger partial charge on any atom is -0.507 e.